The van der Waals surface area contributed by atoms with Crippen LogP contribution in [0.15, 0.2) is 72.9 Å². The lowest BCUT2D eigenvalue weighted by Gasteiger charge is -2.09. The van der Waals surface area contributed by atoms with Crippen LogP contribution in [0.1, 0.15) is 16.1 Å². The monoisotopic (exact) mass is 320 g/mol. The molecule has 1 aromatic heterocycles. The maximum Gasteiger partial charge on any atom is 0.267 e. The van der Waals surface area contributed by atoms with Crippen molar-refractivity contribution < 1.29 is 14.3 Å². The molecule has 0 saturated carbocycles. The molecule has 3 aromatic rings. The highest BCUT2D eigenvalue weighted by atomic mass is 16.5. The van der Waals surface area contributed by atoms with Gasteiger partial charge in [-0.3, -0.25) is 9.78 Å². The molecule has 0 atom stereocenters. The lowest BCUT2D eigenvalue weighted by Crippen LogP contribution is -2.12. The second-order valence-corrected chi connectivity index (χ2v) is 5.09. The van der Waals surface area contributed by atoms with Gasteiger partial charge < -0.3 is 15.2 Å². The standard InChI is InChI=1S/C19H16N2O3/c20-19(22)18-12-17(10-11-21-18)24-16-8-6-15(7-9-16)23-13-14-4-2-1-3-5-14/h1-12H,13H2,(H2,20,22). The molecule has 0 aliphatic heterocycles. The van der Waals surface area contributed by atoms with Crippen LogP contribution < -0.4 is 15.2 Å². The first-order valence-electron chi connectivity index (χ1n) is 7.41. The van der Waals surface area contributed by atoms with Crippen molar-refractivity contribution in [1.29, 1.82) is 0 Å². The molecule has 0 radical (unpaired) electrons. The topological polar surface area (TPSA) is 74.4 Å². The van der Waals surface area contributed by atoms with E-state index < -0.39 is 5.91 Å². The van der Waals surface area contributed by atoms with Crippen molar-refractivity contribution in [2.75, 3.05) is 0 Å². The van der Waals surface area contributed by atoms with E-state index in [1.54, 1.807) is 18.2 Å². The average Bonchev–Trinajstić information content (AvgIpc) is 2.62. The van der Waals surface area contributed by atoms with Gasteiger partial charge in [-0.1, -0.05) is 30.3 Å². The fourth-order valence-corrected chi connectivity index (χ4v) is 2.09. The minimum absolute atomic E-state index is 0.162. The number of carbonyl (C=O) groups excluding carboxylic acids is 1. The minimum Gasteiger partial charge on any atom is -0.489 e. The van der Waals surface area contributed by atoms with Gasteiger partial charge in [0.1, 0.15) is 29.5 Å². The van der Waals surface area contributed by atoms with Crippen LogP contribution in [0.3, 0.4) is 0 Å². The molecular weight excluding hydrogens is 304 g/mol. The van der Waals surface area contributed by atoms with E-state index >= 15 is 0 Å². The lowest BCUT2D eigenvalue weighted by molar-refractivity contribution is 0.0995. The number of primary amides is 1. The van der Waals surface area contributed by atoms with Gasteiger partial charge in [0.25, 0.3) is 5.91 Å². The summed E-state index contributed by atoms with van der Waals surface area (Å²) < 4.78 is 11.4. The number of amides is 1. The number of hydrogen-bond acceptors (Lipinski definition) is 4. The van der Waals surface area contributed by atoms with E-state index in [-0.39, 0.29) is 5.69 Å². The first-order chi connectivity index (χ1) is 11.7. The second-order valence-electron chi connectivity index (χ2n) is 5.09. The van der Waals surface area contributed by atoms with E-state index in [1.807, 2.05) is 42.5 Å². The summed E-state index contributed by atoms with van der Waals surface area (Å²) in [6.07, 6.45) is 1.48. The number of rotatable bonds is 6. The second kappa shape index (κ2) is 7.28. The Bertz CT molecular complexity index is 818. The highest BCUT2D eigenvalue weighted by molar-refractivity contribution is 5.91. The first kappa shape index (κ1) is 15.6. The van der Waals surface area contributed by atoms with Crippen LogP contribution in [-0.2, 0) is 6.61 Å². The van der Waals surface area contributed by atoms with Gasteiger partial charge in [0.2, 0.25) is 0 Å². The molecular formula is C19H16N2O3. The predicted octanol–water partition coefficient (Wildman–Crippen LogP) is 3.55. The molecule has 0 aliphatic carbocycles. The SMILES string of the molecule is NC(=O)c1cc(Oc2ccc(OCc3ccccc3)cc2)ccn1. The highest BCUT2D eigenvalue weighted by Crippen LogP contribution is 2.24. The summed E-state index contributed by atoms with van der Waals surface area (Å²) in [5.74, 6) is 1.28. The van der Waals surface area contributed by atoms with Gasteiger partial charge in [-0.2, -0.15) is 0 Å². The van der Waals surface area contributed by atoms with Crippen LogP contribution >= 0.6 is 0 Å². The Labute approximate surface area is 139 Å². The summed E-state index contributed by atoms with van der Waals surface area (Å²) in [6, 6.07) is 20.4. The van der Waals surface area contributed by atoms with Gasteiger partial charge in [0.15, 0.2) is 0 Å². The van der Waals surface area contributed by atoms with E-state index in [0.29, 0.717) is 18.1 Å². The molecule has 5 nitrogen and oxygen atoms in total. The number of pyridine rings is 1. The number of carbonyl (C=O) groups is 1. The van der Waals surface area contributed by atoms with Crippen LogP contribution in [-0.4, -0.2) is 10.9 Å². The van der Waals surface area contributed by atoms with Crippen LogP contribution in [0.2, 0.25) is 0 Å². The zero-order valence-corrected chi connectivity index (χ0v) is 12.9. The van der Waals surface area contributed by atoms with Crippen LogP contribution in [0, 0.1) is 0 Å². The Hall–Kier alpha value is -3.34. The van der Waals surface area contributed by atoms with Gasteiger partial charge in [-0.25, -0.2) is 0 Å². The van der Waals surface area contributed by atoms with Crippen molar-refractivity contribution in [2.24, 2.45) is 5.73 Å². The van der Waals surface area contributed by atoms with Crippen molar-refractivity contribution in [3.63, 3.8) is 0 Å². The quantitative estimate of drug-likeness (QED) is 0.753. The van der Waals surface area contributed by atoms with Crippen molar-refractivity contribution in [3.05, 3.63) is 84.2 Å². The third-order valence-electron chi connectivity index (χ3n) is 3.29. The maximum absolute atomic E-state index is 11.1. The molecule has 1 amide bonds. The van der Waals surface area contributed by atoms with Crippen molar-refractivity contribution in [1.82, 2.24) is 4.98 Å². The summed E-state index contributed by atoms with van der Waals surface area (Å²) in [6.45, 7) is 0.507. The minimum atomic E-state index is -0.592. The summed E-state index contributed by atoms with van der Waals surface area (Å²) in [4.78, 5) is 15.0. The number of aromatic nitrogens is 1. The van der Waals surface area contributed by atoms with Crippen LogP contribution in [0.25, 0.3) is 0 Å². The number of ether oxygens (including phenoxy) is 2. The fourth-order valence-electron chi connectivity index (χ4n) is 2.09. The number of benzene rings is 2. The van der Waals surface area contributed by atoms with E-state index in [1.165, 1.54) is 12.3 Å². The van der Waals surface area contributed by atoms with Gasteiger partial charge in [0.05, 0.1) is 0 Å². The zero-order valence-electron chi connectivity index (χ0n) is 12.9. The first-order valence-corrected chi connectivity index (χ1v) is 7.41. The highest BCUT2D eigenvalue weighted by Gasteiger charge is 2.05. The molecule has 5 heteroatoms. The Morgan fingerprint density at radius 2 is 1.62 bits per heavy atom. The van der Waals surface area contributed by atoms with Crippen molar-refractivity contribution in [2.45, 2.75) is 6.61 Å². The summed E-state index contributed by atoms with van der Waals surface area (Å²) in [7, 11) is 0. The Morgan fingerprint density at radius 3 is 2.33 bits per heavy atom. The number of nitrogens with two attached hydrogens (primary N) is 1. The molecule has 120 valence electrons. The molecule has 0 aliphatic rings. The zero-order chi connectivity index (χ0) is 16.8. The number of nitrogens with zero attached hydrogens (tertiary/aromatic N) is 1. The van der Waals surface area contributed by atoms with Crippen molar-refractivity contribution in [3.8, 4) is 17.2 Å². The van der Waals surface area contributed by atoms with Gasteiger partial charge >= 0.3 is 0 Å². The smallest absolute Gasteiger partial charge is 0.267 e. The third-order valence-corrected chi connectivity index (χ3v) is 3.29. The summed E-state index contributed by atoms with van der Waals surface area (Å²) in [5, 5.41) is 0. The van der Waals surface area contributed by atoms with E-state index in [0.717, 1.165) is 11.3 Å². The molecule has 0 fully saturated rings. The van der Waals surface area contributed by atoms with Crippen LogP contribution in [0.4, 0.5) is 0 Å². The molecule has 24 heavy (non-hydrogen) atoms. The lowest BCUT2D eigenvalue weighted by atomic mass is 10.2. The molecule has 2 N–H and O–H groups in total. The fraction of sp³-hybridized carbons (Fsp3) is 0.0526. The molecule has 2 aromatic carbocycles. The molecule has 0 saturated heterocycles. The third kappa shape index (κ3) is 4.10. The Morgan fingerprint density at radius 1 is 0.917 bits per heavy atom. The van der Waals surface area contributed by atoms with E-state index in [2.05, 4.69) is 4.98 Å². The molecule has 0 bridgehead atoms. The van der Waals surface area contributed by atoms with Crippen molar-refractivity contribution >= 4 is 5.91 Å². The molecule has 0 unspecified atom stereocenters. The maximum atomic E-state index is 11.1. The van der Waals surface area contributed by atoms with Gasteiger partial charge in [-0.05, 0) is 35.9 Å². The normalized spacial score (nSPS) is 10.2. The Kier molecular flexibility index (Phi) is 4.72. The predicted molar refractivity (Wildman–Crippen MR) is 90.0 cm³/mol. The largest absolute Gasteiger partial charge is 0.489 e. The van der Waals surface area contributed by atoms with Gasteiger partial charge in [-0.15, -0.1) is 0 Å². The van der Waals surface area contributed by atoms with Gasteiger partial charge in [0, 0.05) is 12.3 Å². The Balaban J connectivity index is 1.62. The summed E-state index contributed by atoms with van der Waals surface area (Å²) in [5.41, 5.74) is 6.47. The van der Waals surface area contributed by atoms with Crippen LogP contribution in [0.5, 0.6) is 17.2 Å². The molecule has 3 rings (SSSR count). The number of hydrogen-bond donors (Lipinski definition) is 1. The molecule has 1 heterocycles. The van der Waals surface area contributed by atoms with E-state index in [9.17, 15) is 4.79 Å². The summed E-state index contributed by atoms with van der Waals surface area (Å²) >= 11 is 0. The molecule has 0 spiro atoms. The average molecular weight is 320 g/mol. The van der Waals surface area contributed by atoms with E-state index in [4.69, 9.17) is 15.2 Å².